The van der Waals surface area contributed by atoms with Crippen LogP contribution < -0.4 is 0 Å². The van der Waals surface area contributed by atoms with Crippen LogP contribution in [0.1, 0.15) is 13.3 Å². The highest BCUT2D eigenvalue weighted by Gasteiger charge is 1.77. The minimum absolute atomic E-state index is 0.749. The Hall–Kier alpha value is 0.180. The van der Waals surface area contributed by atoms with Crippen molar-refractivity contribution < 1.29 is 4.74 Å². The number of halogens is 1. The predicted octanol–water partition coefficient (Wildman–Crippen LogP) is 2.36. The summed E-state index contributed by atoms with van der Waals surface area (Å²) in [6.07, 6.45) is 5.15. The third-order valence-corrected chi connectivity index (χ3v) is 1.19. The molecule has 2 heteroatoms. The van der Waals surface area contributed by atoms with E-state index in [9.17, 15) is 0 Å². The lowest BCUT2D eigenvalue weighted by atomic mass is 10.5. The molecule has 0 amide bonds. The second-order valence-electron chi connectivity index (χ2n) is 1.70. The zero-order chi connectivity index (χ0) is 6.95. The van der Waals surface area contributed by atoms with Crippen LogP contribution in [0.2, 0.25) is 0 Å². The smallest absolute Gasteiger partial charge is 0.0647 e. The van der Waals surface area contributed by atoms with Gasteiger partial charge in [0.15, 0.2) is 0 Å². The zero-order valence-corrected chi connectivity index (χ0v) is 7.36. The molecule has 0 radical (unpaired) electrons. The molecule has 0 spiro atoms. The first-order valence-corrected chi connectivity index (χ1v) is 4.32. The van der Waals surface area contributed by atoms with Gasteiger partial charge in [0.2, 0.25) is 0 Å². The standard InChI is InChI=1S/C7H13BrO/c1-2-6-9-7-4-3-5-8/h3-4H,2,5-7H2,1H3. The lowest BCUT2D eigenvalue weighted by Crippen LogP contribution is -1.91. The van der Waals surface area contributed by atoms with Gasteiger partial charge in [-0.05, 0) is 6.42 Å². The predicted molar refractivity (Wildman–Crippen MR) is 44.0 cm³/mol. The van der Waals surface area contributed by atoms with Gasteiger partial charge < -0.3 is 4.74 Å². The molecule has 0 N–H and O–H groups in total. The van der Waals surface area contributed by atoms with E-state index in [-0.39, 0.29) is 0 Å². The van der Waals surface area contributed by atoms with E-state index < -0.39 is 0 Å². The van der Waals surface area contributed by atoms with Gasteiger partial charge in [-0.3, -0.25) is 0 Å². The van der Waals surface area contributed by atoms with Gasteiger partial charge in [0.25, 0.3) is 0 Å². The molecule has 0 saturated carbocycles. The topological polar surface area (TPSA) is 9.23 Å². The monoisotopic (exact) mass is 192 g/mol. The number of ether oxygens (including phenoxy) is 1. The molecule has 9 heavy (non-hydrogen) atoms. The highest BCUT2D eigenvalue weighted by molar-refractivity contribution is 9.09. The minimum Gasteiger partial charge on any atom is -0.377 e. The molecular weight excluding hydrogens is 180 g/mol. The number of rotatable bonds is 5. The molecule has 0 saturated heterocycles. The van der Waals surface area contributed by atoms with E-state index in [0.717, 1.165) is 25.0 Å². The van der Waals surface area contributed by atoms with Crippen LogP contribution >= 0.6 is 15.9 Å². The Morgan fingerprint density at radius 1 is 1.44 bits per heavy atom. The summed E-state index contributed by atoms with van der Waals surface area (Å²) in [5.41, 5.74) is 0. The Morgan fingerprint density at radius 3 is 2.78 bits per heavy atom. The Morgan fingerprint density at radius 2 is 2.22 bits per heavy atom. The quantitative estimate of drug-likeness (QED) is 0.370. The summed E-state index contributed by atoms with van der Waals surface area (Å²) in [4.78, 5) is 0. The summed E-state index contributed by atoms with van der Waals surface area (Å²) in [6, 6.07) is 0. The first kappa shape index (κ1) is 9.18. The minimum atomic E-state index is 0.749. The van der Waals surface area contributed by atoms with Crippen molar-refractivity contribution in [3.63, 3.8) is 0 Å². The molecule has 0 bridgehead atoms. The van der Waals surface area contributed by atoms with Crippen LogP contribution in [0, 0.1) is 0 Å². The van der Waals surface area contributed by atoms with E-state index in [1.54, 1.807) is 0 Å². The summed E-state index contributed by atoms with van der Waals surface area (Å²) < 4.78 is 5.18. The Kier molecular flexibility index (Phi) is 8.34. The third-order valence-electron chi connectivity index (χ3n) is 0.818. The maximum Gasteiger partial charge on any atom is 0.0647 e. The molecule has 54 valence electrons. The molecule has 0 unspecified atom stereocenters. The number of hydrogen-bond acceptors (Lipinski definition) is 1. The van der Waals surface area contributed by atoms with E-state index in [2.05, 4.69) is 22.9 Å². The highest BCUT2D eigenvalue weighted by Crippen LogP contribution is 1.84. The van der Waals surface area contributed by atoms with Crippen LogP contribution in [-0.4, -0.2) is 18.5 Å². The fourth-order valence-corrected chi connectivity index (χ4v) is 0.691. The first-order chi connectivity index (χ1) is 4.41. The summed E-state index contributed by atoms with van der Waals surface area (Å²) in [5.74, 6) is 0. The van der Waals surface area contributed by atoms with E-state index in [0.29, 0.717) is 0 Å². The third kappa shape index (κ3) is 8.18. The van der Waals surface area contributed by atoms with Gasteiger partial charge in [0.05, 0.1) is 6.61 Å². The number of hydrogen-bond donors (Lipinski definition) is 0. The van der Waals surface area contributed by atoms with Gasteiger partial charge in [-0.2, -0.15) is 0 Å². The van der Waals surface area contributed by atoms with Crippen molar-refractivity contribution in [2.24, 2.45) is 0 Å². The van der Waals surface area contributed by atoms with Gasteiger partial charge in [0.1, 0.15) is 0 Å². The van der Waals surface area contributed by atoms with Crippen LogP contribution in [0.3, 0.4) is 0 Å². The zero-order valence-electron chi connectivity index (χ0n) is 5.77. The molecule has 0 atom stereocenters. The van der Waals surface area contributed by atoms with Crippen LogP contribution in [0.5, 0.6) is 0 Å². The molecule has 0 fully saturated rings. The fraction of sp³-hybridized carbons (Fsp3) is 0.714. The molecule has 0 aromatic rings. The van der Waals surface area contributed by atoms with E-state index in [1.807, 2.05) is 12.2 Å². The number of allylic oxidation sites excluding steroid dienone is 1. The van der Waals surface area contributed by atoms with Gasteiger partial charge in [-0.15, -0.1) is 0 Å². The Labute approximate surface area is 65.2 Å². The summed E-state index contributed by atoms with van der Waals surface area (Å²) in [6.45, 7) is 3.72. The van der Waals surface area contributed by atoms with Crippen molar-refractivity contribution >= 4 is 15.9 Å². The van der Waals surface area contributed by atoms with E-state index in [4.69, 9.17) is 4.74 Å². The van der Waals surface area contributed by atoms with Crippen molar-refractivity contribution in [3.8, 4) is 0 Å². The van der Waals surface area contributed by atoms with Crippen molar-refractivity contribution in [3.05, 3.63) is 12.2 Å². The van der Waals surface area contributed by atoms with Gasteiger partial charge in [0, 0.05) is 11.9 Å². The average molecular weight is 193 g/mol. The fourth-order valence-electron chi connectivity index (χ4n) is 0.427. The summed E-state index contributed by atoms with van der Waals surface area (Å²) in [5, 5.41) is 0.919. The maximum absolute atomic E-state index is 5.18. The average Bonchev–Trinajstić information content (AvgIpc) is 1.89. The van der Waals surface area contributed by atoms with Crippen molar-refractivity contribution in [2.45, 2.75) is 13.3 Å². The van der Waals surface area contributed by atoms with Crippen LogP contribution in [0.4, 0.5) is 0 Å². The normalized spacial score (nSPS) is 10.9. The van der Waals surface area contributed by atoms with Crippen LogP contribution in [0.15, 0.2) is 12.2 Å². The van der Waals surface area contributed by atoms with Crippen molar-refractivity contribution in [1.29, 1.82) is 0 Å². The first-order valence-electron chi connectivity index (χ1n) is 3.20. The lowest BCUT2D eigenvalue weighted by Gasteiger charge is -1.94. The van der Waals surface area contributed by atoms with Crippen molar-refractivity contribution in [2.75, 3.05) is 18.5 Å². The molecule has 0 aromatic carbocycles. The molecule has 0 heterocycles. The Balaban J connectivity index is 2.82. The second-order valence-corrected chi connectivity index (χ2v) is 2.35. The molecule has 1 nitrogen and oxygen atoms in total. The Bertz CT molecular complexity index is 71.3. The van der Waals surface area contributed by atoms with E-state index in [1.165, 1.54) is 0 Å². The van der Waals surface area contributed by atoms with E-state index >= 15 is 0 Å². The molecule has 0 aliphatic rings. The largest absolute Gasteiger partial charge is 0.377 e. The molecule has 0 aliphatic carbocycles. The molecule has 0 aromatic heterocycles. The molecule has 0 aliphatic heterocycles. The second kappa shape index (κ2) is 8.18. The van der Waals surface area contributed by atoms with Crippen LogP contribution in [0.25, 0.3) is 0 Å². The number of alkyl halides is 1. The summed E-state index contributed by atoms with van der Waals surface area (Å²) in [7, 11) is 0. The highest BCUT2D eigenvalue weighted by atomic mass is 79.9. The SMILES string of the molecule is CCCOCC=CCBr. The maximum atomic E-state index is 5.18. The molecule has 0 rings (SSSR count). The van der Waals surface area contributed by atoms with Gasteiger partial charge in [-0.1, -0.05) is 35.0 Å². The van der Waals surface area contributed by atoms with Crippen molar-refractivity contribution in [1.82, 2.24) is 0 Å². The summed E-state index contributed by atoms with van der Waals surface area (Å²) >= 11 is 3.28. The lowest BCUT2D eigenvalue weighted by molar-refractivity contribution is 0.163. The molecular formula is C7H13BrO. The van der Waals surface area contributed by atoms with Gasteiger partial charge >= 0.3 is 0 Å². The van der Waals surface area contributed by atoms with Gasteiger partial charge in [-0.25, -0.2) is 0 Å². The van der Waals surface area contributed by atoms with Crippen LogP contribution in [-0.2, 0) is 4.74 Å².